The number of aliphatic hydroxyl groups excluding tert-OH is 2. The van der Waals surface area contributed by atoms with Crippen LogP contribution in [0.2, 0.25) is 0 Å². The van der Waals surface area contributed by atoms with Crippen LogP contribution >= 0.6 is 0 Å². The summed E-state index contributed by atoms with van der Waals surface area (Å²) in [5.74, 6) is -1.92. The molecule has 198 valence electrons. The molecule has 0 bridgehead atoms. The minimum Gasteiger partial charge on any atom is -0.458 e. The number of fused-ring (bicyclic) bond motifs is 7. The Kier molecular flexibility index (Phi) is 4.87. The van der Waals surface area contributed by atoms with E-state index in [1.807, 2.05) is 20.8 Å². The Labute approximate surface area is 211 Å². The van der Waals surface area contributed by atoms with Crippen LogP contribution in [0, 0.1) is 28.6 Å². The van der Waals surface area contributed by atoms with E-state index in [1.54, 1.807) is 19.9 Å². The van der Waals surface area contributed by atoms with Gasteiger partial charge in [-0.2, -0.15) is 0 Å². The zero-order valence-electron chi connectivity index (χ0n) is 21.7. The van der Waals surface area contributed by atoms with E-state index in [9.17, 15) is 30.0 Å². The maximum absolute atomic E-state index is 13.3. The molecule has 2 heterocycles. The number of esters is 1. The molecule has 4 fully saturated rings. The summed E-state index contributed by atoms with van der Waals surface area (Å²) in [5, 5.41) is 46.9. The molecule has 0 spiro atoms. The van der Waals surface area contributed by atoms with E-state index in [0.29, 0.717) is 24.8 Å². The molecule has 1 saturated heterocycles. The third-order valence-corrected chi connectivity index (χ3v) is 12.0. The fraction of sp³-hybridized carbons (Fsp3) is 0.786. The number of aliphatic hydroxyl groups is 4. The molecule has 4 aliphatic carbocycles. The smallest absolute Gasteiger partial charge is 0.333 e. The summed E-state index contributed by atoms with van der Waals surface area (Å²) in [6.45, 7) is 9.29. The Balaban J connectivity index is 1.41. The van der Waals surface area contributed by atoms with E-state index in [1.165, 1.54) is 6.08 Å². The first-order valence-electron chi connectivity index (χ1n) is 13.3. The van der Waals surface area contributed by atoms with E-state index < -0.39 is 63.9 Å². The highest BCUT2D eigenvalue weighted by molar-refractivity contribution is 5.97. The number of hydrogen-bond acceptors (Lipinski definition) is 8. The van der Waals surface area contributed by atoms with Gasteiger partial charge in [-0.1, -0.05) is 25.5 Å². The molecule has 0 amide bonds. The monoisotopic (exact) mass is 502 g/mol. The van der Waals surface area contributed by atoms with Gasteiger partial charge in [0.05, 0.1) is 11.5 Å². The SMILES string of the molecule is CC1=C(C)C(=O)O[C@@H]([C@@H](C)[C@]23O[C@H]2[C@H](O)[C@]2(O)[C@@H]4C[C@@H](O)[C@@]5(O)CC=CC(=O)[C@]5(C)[C@H]4CC[C@@]23C)C1. The fourth-order valence-corrected chi connectivity index (χ4v) is 9.49. The minimum absolute atomic E-state index is 0.0810. The molecule has 0 aromatic heterocycles. The average molecular weight is 503 g/mol. The Hall–Kier alpha value is -1.58. The highest BCUT2D eigenvalue weighted by atomic mass is 16.6. The van der Waals surface area contributed by atoms with Crippen LogP contribution in [0.5, 0.6) is 0 Å². The maximum Gasteiger partial charge on any atom is 0.333 e. The van der Waals surface area contributed by atoms with Crippen molar-refractivity contribution in [1.29, 1.82) is 0 Å². The number of carbonyl (C=O) groups is 2. The molecule has 0 unspecified atom stereocenters. The summed E-state index contributed by atoms with van der Waals surface area (Å²) < 4.78 is 12.1. The van der Waals surface area contributed by atoms with Crippen LogP contribution in [0.3, 0.4) is 0 Å². The molecular weight excluding hydrogens is 464 g/mol. The summed E-state index contributed by atoms with van der Waals surface area (Å²) in [6.07, 6.45) is 1.38. The van der Waals surface area contributed by atoms with Gasteiger partial charge in [-0.15, -0.1) is 0 Å². The van der Waals surface area contributed by atoms with Crippen molar-refractivity contribution < 1.29 is 39.5 Å². The molecule has 6 rings (SSSR count). The van der Waals surface area contributed by atoms with E-state index in [2.05, 4.69) is 0 Å². The van der Waals surface area contributed by atoms with E-state index in [0.717, 1.165) is 5.57 Å². The van der Waals surface area contributed by atoms with Crippen LogP contribution in [0.4, 0.5) is 0 Å². The lowest BCUT2D eigenvalue weighted by atomic mass is 9.41. The summed E-state index contributed by atoms with van der Waals surface area (Å²) in [7, 11) is 0. The van der Waals surface area contributed by atoms with Crippen molar-refractivity contribution in [3.05, 3.63) is 23.3 Å². The molecular formula is C28H38O8. The maximum atomic E-state index is 13.3. The van der Waals surface area contributed by atoms with Crippen LogP contribution < -0.4 is 0 Å². The van der Waals surface area contributed by atoms with Gasteiger partial charge in [0.15, 0.2) is 5.78 Å². The van der Waals surface area contributed by atoms with Crippen LogP contribution in [0.15, 0.2) is 23.3 Å². The third-order valence-electron chi connectivity index (χ3n) is 12.0. The number of carbonyl (C=O) groups excluding carboxylic acids is 2. The fourth-order valence-electron chi connectivity index (χ4n) is 9.49. The topological polar surface area (TPSA) is 137 Å². The number of epoxide rings is 1. The molecule has 0 radical (unpaired) electrons. The van der Waals surface area contributed by atoms with Crippen molar-refractivity contribution in [3.63, 3.8) is 0 Å². The summed E-state index contributed by atoms with van der Waals surface area (Å²) in [5.41, 5.74) is -4.76. The predicted octanol–water partition coefficient (Wildman–Crippen LogP) is 1.58. The van der Waals surface area contributed by atoms with Crippen molar-refractivity contribution in [1.82, 2.24) is 0 Å². The largest absolute Gasteiger partial charge is 0.458 e. The predicted molar refractivity (Wildman–Crippen MR) is 127 cm³/mol. The highest BCUT2D eigenvalue weighted by Gasteiger charge is 2.89. The minimum atomic E-state index is -1.64. The number of cyclic esters (lactones) is 1. The van der Waals surface area contributed by atoms with Crippen molar-refractivity contribution in [2.75, 3.05) is 0 Å². The van der Waals surface area contributed by atoms with Crippen molar-refractivity contribution >= 4 is 11.8 Å². The van der Waals surface area contributed by atoms with E-state index >= 15 is 0 Å². The number of ketones is 1. The lowest BCUT2D eigenvalue weighted by molar-refractivity contribution is -0.293. The molecule has 0 aromatic rings. The number of rotatable bonds is 2. The van der Waals surface area contributed by atoms with Crippen LogP contribution in [0.1, 0.15) is 66.7 Å². The van der Waals surface area contributed by atoms with Crippen LogP contribution in [0.25, 0.3) is 0 Å². The van der Waals surface area contributed by atoms with Crippen LogP contribution in [-0.2, 0) is 19.1 Å². The van der Waals surface area contributed by atoms with Gasteiger partial charge in [-0.05, 0) is 64.4 Å². The first-order valence-corrected chi connectivity index (χ1v) is 13.3. The van der Waals surface area contributed by atoms with Crippen molar-refractivity contribution in [3.8, 4) is 0 Å². The summed E-state index contributed by atoms with van der Waals surface area (Å²) >= 11 is 0. The standard InChI is InChI=1S/C28H38O8/c1-13-11-18(35-23(32)14(13)2)15(3)28-22(36-28)21(31)27(34)17-12-20(30)26(33)9-6-7-19(29)25(26,5)16(17)8-10-24(27,28)4/h6-7,15-18,20-22,30-31,33-34H,8-12H2,1-5H3/t15-,16+,17-,18-,20-,21+,22+,24+,25+,26+,27-,28+/m1/s1. The molecule has 12 atom stereocenters. The molecule has 8 heteroatoms. The lowest BCUT2D eigenvalue weighted by Gasteiger charge is -2.66. The Morgan fingerprint density at radius 3 is 2.47 bits per heavy atom. The third kappa shape index (κ3) is 2.40. The highest BCUT2D eigenvalue weighted by Crippen LogP contribution is 2.77. The zero-order valence-corrected chi connectivity index (χ0v) is 21.7. The zero-order chi connectivity index (χ0) is 26.2. The molecule has 8 nitrogen and oxygen atoms in total. The van der Waals surface area contributed by atoms with E-state index in [4.69, 9.17) is 9.47 Å². The number of ether oxygens (including phenoxy) is 2. The van der Waals surface area contributed by atoms with Gasteiger partial charge >= 0.3 is 5.97 Å². The van der Waals surface area contributed by atoms with Gasteiger partial charge in [-0.25, -0.2) is 4.79 Å². The van der Waals surface area contributed by atoms with Crippen molar-refractivity contribution in [2.24, 2.45) is 28.6 Å². The molecule has 6 aliphatic rings. The van der Waals surface area contributed by atoms with Crippen LogP contribution in [-0.4, -0.2) is 73.4 Å². The van der Waals surface area contributed by atoms with Crippen molar-refractivity contribution in [2.45, 2.75) is 108 Å². The second-order valence-electron chi connectivity index (χ2n) is 12.9. The van der Waals surface area contributed by atoms with Gasteiger partial charge < -0.3 is 29.9 Å². The Morgan fingerprint density at radius 2 is 1.81 bits per heavy atom. The number of allylic oxidation sites excluding steroid dienone is 1. The second-order valence-corrected chi connectivity index (χ2v) is 12.9. The van der Waals surface area contributed by atoms with Gasteiger partial charge in [-0.3, -0.25) is 4.79 Å². The average Bonchev–Trinajstić information content (AvgIpc) is 3.56. The second kappa shape index (κ2) is 7.08. The Morgan fingerprint density at radius 1 is 1.11 bits per heavy atom. The Bertz CT molecular complexity index is 1110. The van der Waals surface area contributed by atoms with Gasteiger partial charge in [0.25, 0.3) is 0 Å². The van der Waals surface area contributed by atoms with Gasteiger partial charge in [0, 0.05) is 23.3 Å². The molecule has 0 aromatic carbocycles. The molecule has 2 aliphatic heterocycles. The first kappa shape index (κ1) is 24.7. The normalized spacial score (nSPS) is 56.4. The first-order chi connectivity index (χ1) is 16.7. The summed E-state index contributed by atoms with van der Waals surface area (Å²) in [6, 6.07) is 0. The molecule has 3 saturated carbocycles. The number of hydrogen-bond donors (Lipinski definition) is 4. The summed E-state index contributed by atoms with van der Waals surface area (Å²) in [4.78, 5) is 25.8. The lowest BCUT2D eigenvalue weighted by Crippen LogP contribution is -2.75. The van der Waals surface area contributed by atoms with Gasteiger partial charge in [0.2, 0.25) is 0 Å². The molecule has 36 heavy (non-hydrogen) atoms. The van der Waals surface area contributed by atoms with E-state index in [-0.39, 0.29) is 30.5 Å². The van der Waals surface area contributed by atoms with Gasteiger partial charge in [0.1, 0.15) is 35.1 Å². The quantitative estimate of drug-likeness (QED) is 0.330. The molecule has 4 N–H and O–H groups in total.